The van der Waals surface area contributed by atoms with Crippen molar-refractivity contribution in [2.75, 3.05) is 6.61 Å². The van der Waals surface area contributed by atoms with Gasteiger partial charge in [-0.05, 0) is 37.3 Å². The molecule has 0 radical (unpaired) electrons. The van der Waals surface area contributed by atoms with Crippen molar-refractivity contribution in [2.45, 2.75) is 6.92 Å². The Kier molecular flexibility index (Phi) is 4.49. The standard InChI is InChI=1S/C14H14ClN3O3/c1-2-20-10-4-3-8(15)7-9(10)11-5-6-12(21-11)13(19)18-14(16)17/h3-7H,2H2,1H3,(H4,16,17,18,19). The Hall–Kier alpha value is -2.47. The van der Waals surface area contributed by atoms with E-state index in [9.17, 15) is 4.79 Å². The summed E-state index contributed by atoms with van der Waals surface area (Å²) in [4.78, 5) is 11.7. The van der Waals surface area contributed by atoms with Gasteiger partial charge in [-0.3, -0.25) is 15.5 Å². The Morgan fingerprint density at radius 3 is 2.86 bits per heavy atom. The third-order valence-corrected chi connectivity index (χ3v) is 2.82. The van der Waals surface area contributed by atoms with Crippen LogP contribution in [0, 0.1) is 5.41 Å². The number of guanidine groups is 1. The molecule has 110 valence electrons. The number of hydrogen-bond donors (Lipinski definition) is 3. The Balaban J connectivity index is 2.35. The third-order valence-electron chi connectivity index (χ3n) is 2.58. The number of furan rings is 1. The third kappa shape index (κ3) is 3.55. The van der Waals surface area contributed by atoms with Gasteiger partial charge in [0.2, 0.25) is 0 Å². The van der Waals surface area contributed by atoms with Crippen molar-refractivity contribution in [2.24, 2.45) is 5.73 Å². The number of amides is 1. The van der Waals surface area contributed by atoms with Crippen LogP contribution in [0.5, 0.6) is 5.75 Å². The maximum atomic E-state index is 11.7. The molecular weight excluding hydrogens is 294 g/mol. The molecule has 0 aliphatic rings. The Labute approximate surface area is 126 Å². The highest BCUT2D eigenvalue weighted by Gasteiger charge is 2.15. The highest BCUT2D eigenvalue weighted by Crippen LogP contribution is 2.33. The number of benzene rings is 1. The van der Waals surface area contributed by atoms with Crippen molar-refractivity contribution in [3.8, 4) is 17.1 Å². The average molecular weight is 308 g/mol. The molecule has 2 aromatic rings. The lowest BCUT2D eigenvalue weighted by Crippen LogP contribution is -2.35. The highest BCUT2D eigenvalue weighted by molar-refractivity contribution is 6.30. The second kappa shape index (κ2) is 6.32. The molecule has 7 heteroatoms. The van der Waals surface area contributed by atoms with E-state index in [1.165, 1.54) is 6.07 Å². The number of nitrogens with one attached hydrogen (secondary N) is 2. The molecule has 1 aromatic carbocycles. The number of hydrogen-bond acceptors (Lipinski definition) is 4. The SMILES string of the molecule is CCOc1ccc(Cl)cc1-c1ccc(C(=O)NC(=N)N)o1. The zero-order chi connectivity index (χ0) is 15.4. The predicted molar refractivity (Wildman–Crippen MR) is 79.7 cm³/mol. The highest BCUT2D eigenvalue weighted by atomic mass is 35.5. The smallest absolute Gasteiger partial charge is 0.293 e. The van der Waals surface area contributed by atoms with E-state index in [-0.39, 0.29) is 5.76 Å². The minimum atomic E-state index is -0.589. The summed E-state index contributed by atoms with van der Waals surface area (Å²) in [6, 6.07) is 8.26. The molecule has 1 aromatic heterocycles. The first kappa shape index (κ1) is 14.9. The molecule has 4 N–H and O–H groups in total. The summed E-state index contributed by atoms with van der Waals surface area (Å²) >= 11 is 5.98. The lowest BCUT2D eigenvalue weighted by atomic mass is 10.1. The van der Waals surface area contributed by atoms with Gasteiger partial charge in [0, 0.05) is 5.02 Å². The maximum absolute atomic E-state index is 11.7. The lowest BCUT2D eigenvalue weighted by molar-refractivity contribution is 0.0950. The molecule has 6 nitrogen and oxygen atoms in total. The molecule has 0 bridgehead atoms. The molecule has 0 fully saturated rings. The van der Waals surface area contributed by atoms with E-state index in [0.29, 0.717) is 28.7 Å². The van der Waals surface area contributed by atoms with E-state index < -0.39 is 11.9 Å². The van der Waals surface area contributed by atoms with Gasteiger partial charge in [0.05, 0.1) is 12.2 Å². The second-order valence-corrected chi connectivity index (χ2v) is 4.54. The lowest BCUT2D eigenvalue weighted by Gasteiger charge is -2.08. The number of carbonyl (C=O) groups excluding carboxylic acids is 1. The largest absolute Gasteiger partial charge is 0.493 e. The van der Waals surface area contributed by atoms with Crippen LogP contribution in [0.25, 0.3) is 11.3 Å². The van der Waals surface area contributed by atoms with Gasteiger partial charge in [-0.2, -0.15) is 0 Å². The van der Waals surface area contributed by atoms with E-state index in [1.807, 2.05) is 6.92 Å². The van der Waals surface area contributed by atoms with E-state index in [2.05, 4.69) is 5.32 Å². The number of nitrogens with two attached hydrogens (primary N) is 1. The minimum absolute atomic E-state index is 0.0441. The van der Waals surface area contributed by atoms with Crippen molar-refractivity contribution < 1.29 is 13.9 Å². The summed E-state index contributed by atoms with van der Waals surface area (Å²) in [6.45, 7) is 2.36. The summed E-state index contributed by atoms with van der Waals surface area (Å²) in [6.07, 6.45) is 0. The van der Waals surface area contributed by atoms with Crippen LogP contribution < -0.4 is 15.8 Å². The van der Waals surface area contributed by atoms with Gasteiger partial charge in [-0.25, -0.2) is 0 Å². The monoisotopic (exact) mass is 307 g/mol. The van der Waals surface area contributed by atoms with Crippen LogP contribution >= 0.6 is 11.6 Å². The molecule has 2 rings (SSSR count). The molecule has 1 heterocycles. The topological polar surface area (TPSA) is 101 Å². The van der Waals surface area contributed by atoms with Crippen molar-refractivity contribution in [1.82, 2.24) is 5.32 Å². The maximum Gasteiger partial charge on any atom is 0.293 e. The molecule has 21 heavy (non-hydrogen) atoms. The fourth-order valence-corrected chi connectivity index (χ4v) is 1.94. The number of rotatable bonds is 4. The van der Waals surface area contributed by atoms with Crippen LogP contribution in [-0.2, 0) is 0 Å². The van der Waals surface area contributed by atoms with Gasteiger partial charge >= 0.3 is 0 Å². The molecule has 0 aliphatic carbocycles. The Morgan fingerprint density at radius 2 is 2.19 bits per heavy atom. The van der Waals surface area contributed by atoms with Crippen molar-refractivity contribution in [1.29, 1.82) is 5.41 Å². The Morgan fingerprint density at radius 1 is 1.43 bits per heavy atom. The fourth-order valence-electron chi connectivity index (χ4n) is 1.76. The number of ether oxygens (including phenoxy) is 1. The van der Waals surface area contributed by atoms with Gasteiger partial charge in [0.1, 0.15) is 11.5 Å². The molecule has 0 spiro atoms. The predicted octanol–water partition coefficient (Wildman–Crippen LogP) is 2.62. The van der Waals surface area contributed by atoms with Gasteiger partial charge in [0.25, 0.3) is 5.91 Å². The van der Waals surface area contributed by atoms with Crippen LogP contribution in [0.2, 0.25) is 5.02 Å². The normalized spacial score (nSPS) is 10.2. The van der Waals surface area contributed by atoms with E-state index in [0.717, 1.165) is 0 Å². The van der Waals surface area contributed by atoms with Crippen LogP contribution in [0.15, 0.2) is 34.7 Å². The first-order valence-electron chi connectivity index (χ1n) is 6.19. The van der Waals surface area contributed by atoms with Crippen molar-refractivity contribution in [3.05, 3.63) is 41.1 Å². The molecule has 0 saturated heterocycles. The van der Waals surface area contributed by atoms with Gasteiger partial charge in [-0.1, -0.05) is 11.6 Å². The first-order chi connectivity index (χ1) is 10.0. The number of carbonyl (C=O) groups is 1. The summed E-state index contributed by atoms with van der Waals surface area (Å²) < 4.78 is 11.0. The van der Waals surface area contributed by atoms with Gasteiger partial charge in [-0.15, -0.1) is 0 Å². The quantitative estimate of drug-likeness (QED) is 0.597. The van der Waals surface area contributed by atoms with E-state index >= 15 is 0 Å². The van der Waals surface area contributed by atoms with E-state index in [1.54, 1.807) is 24.3 Å². The Bertz CT molecular complexity index is 682. The molecule has 1 amide bonds. The fraction of sp³-hybridized carbons (Fsp3) is 0.143. The summed E-state index contributed by atoms with van der Waals surface area (Å²) in [5.41, 5.74) is 5.75. The summed E-state index contributed by atoms with van der Waals surface area (Å²) in [7, 11) is 0. The molecular formula is C14H14ClN3O3. The zero-order valence-corrected chi connectivity index (χ0v) is 12.0. The van der Waals surface area contributed by atoms with Crippen molar-refractivity contribution >= 4 is 23.5 Å². The number of halogens is 1. The van der Waals surface area contributed by atoms with Crippen LogP contribution in [0.4, 0.5) is 0 Å². The molecule has 0 atom stereocenters. The van der Waals surface area contributed by atoms with Crippen LogP contribution in [-0.4, -0.2) is 18.5 Å². The second-order valence-electron chi connectivity index (χ2n) is 4.11. The summed E-state index contributed by atoms with van der Waals surface area (Å²) in [5, 5.41) is 9.70. The first-order valence-corrected chi connectivity index (χ1v) is 6.57. The molecule has 0 saturated carbocycles. The van der Waals surface area contributed by atoms with E-state index in [4.69, 9.17) is 31.9 Å². The average Bonchev–Trinajstić information content (AvgIpc) is 2.90. The van der Waals surface area contributed by atoms with Gasteiger partial charge in [0.15, 0.2) is 11.7 Å². The summed E-state index contributed by atoms with van der Waals surface area (Å²) in [5.74, 6) is 0.0523. The molecule has 0 unspecified atom stereocenters. The zero-order valence-electron chi connectivity index (χ0n) is 11.3. The van der Waals surface area contributed by atoms with Crippen LogP contribution in [0.1, 0.15) is 17.5 Å². The van der Waals surface area contributed by atoms with Crippen LogP contribution in [0.3, 0.4) is 0 Å². The minimum Gasteiger partial charge on any atom is -0.493 e. The van der Waals surface area contributed by atoms with Gasteiger partial charge < -0.3 is 14.9 Å². The van der Waals surface area contributed by atoms with Crippen molar-refractivity contribution in [3.63, 3.8) is 0 Å². The molecule has 0 aliphatic heterocycles.